The van der Waals surface area contributed by atoms with Gasteiger partial charge >= 0.3 is 0 Å². The van der Waals surface area contributed by atoms with Crippen molar-refractivity contribution in [2.75, 3.05) is 11.1 Å². The minimum Gasteiger partial charge on any atom is -0.349 e. The quantitative estimate of drug-likeness (QED) is 0.789. The largest absolute Gasteiger partial charge is 0.349 e. The van der Waals surface area contributed by atoms with Gasteiger partial charge in [0.25, 0.3) is 0 Å². The lowest BCUT2D eigenvalue weighted by Crippen LogP contribution is -2.42. The van der Waals surface area contributed by atoms with Crippen molar-refractivity contribution in [2.45, 2.75) is 36.5 Å². The van der Waals surface area contributed by atoms with Gasteiger partial charge in [-0.05, 0) is 31.4 Å². The summed E-state index contributed by atoms with van der Waals surface area (Å²) in [7, 11) is 0. The fourth-order valence-corrected chi connectivity index (χ4v) is 3.43. The monoisotopic (exact) mass is 263 g/mol. The highest BCUT2D eigenvalue weighted by Gasteiger charge is 2.44. The number of hydrogen-bond acceptors (Lipinski definition) is 2. The second-order valence-electron chi connectivity index (χ2n) is 3.90. The first-order chi connectivity index (χ1) is 6.26. The molecule has 0 aromatic heterocycles. The third kappa shape index (κ3) is 2.21. The van der Waals surface area contributed by atoms with E-state index < -0.39 is 0 Å². The molecule has 1 aliphatic heterocycles. The van der Waals surface area contributed by atoms with E-state index >= 15 is 0 Å². The van der Waals surface area contributed by atoms with Crippen LogP contribution < -0.4 is 5.32 Å². The Kier molecular flexibility index (Phi) is 2.88. The summed E-state index contributed by atoms with van der Waals surface area (Å²) in [6.07, 6.45) is 4.54. The summed E-state index contributed by atoms with van der Waals surface area (Å²) in [5.74, 6) is 1.42. The Morgan fingerprint density at radius 2 is 2.38 bits per heavy atom. The number of carbonyl (C=O) groups is 1. The molecule has 4 heteroatoms. The number of carbonyl (C=O) groups excluding carboxylic acids is 1. The third-order valence-electron chi connectivity index (χ3n) is 2.72. The molecule has 0 spiro atoms. The molecule has 2 fully saturated rings. The fraction of sp³-hybridized carbons (Fsp3) is 0.889. The lowest BCUT2D eigenvalue weighted by molar-refractivity contribution is -0.121. The smallest absolute Gasteiger partial charge is 0.233 e. The maximum absolute atomic E-state index is 11.7. The van der Waals surface area contributed by atoms with Gasteiger partial charge in [-0.2, -0.15) is 0 Å². The predicted molar refractivity (Wildman–Crippen MR) is 59.4 cm³/mol. The van der Waals surface area contributed by atoms with Crippen LogP contribution in [-0.4, -0.2) is 27.8 Å². The average Bonchev–Trinajstić information content (AvgIpc) is 2.69. The van der Waals surface area contributed by atoms with Crippen molar-refractivity contribution in [3.05, 3.63) is 0 Å². The lowest BCUT2D eigenvalue weighted by atomic mass is 10.2. The van der Waals surface area contributed by atoms with E-state index in [0.717, 1.165) is 30.3 Å². The normalized spacial score (nSPS) is 30.1. The molecule has 13 heavy (non-hydrogen) atoms. The fourth-order valence-electron chi connectivity index (χ4n) is 1.57. The van der Waals surface area contributed by atoms with Crippen LogP contribution in [0, 0.1) is 0 Å². The Labute approximate surface area is 91.3 Å². The Balaban J connectivity index is 1.84. The van der Waals surface area contributed by atoms with Gasteiger partial charge in [-0.25, -0.2) is 0 Å². The maximum atomic E-state index is 11.7. The first-order valence-corrected chi connectivity index (χ1v) is 6.92. The Bertz CT molecular complexity index is 212. The van der Waals surface area contributed by atoms with E-state index in [1.807, 2.05) is 0 Å². The molecule has 0 aromatic rings. The molecule has 74 valence electrons. The van der Waals surface area contributed by atoms with Crippen LogP contribution >= 0.6 is 27.7 Å². The van der Waals surface area contributed by atoms with E-state index in [2.05, 4.69) is 21.2 Å². The molecule has 2 aliphatic rings. The van der Waals surface area contributed by atoms with E-state index in [-0.39, 0.29) is 16.7 Å². The summed E-state index contributed by atoms with van der Waals surface area (Å²) in [6.45, 7) is 0. The molecule has 1 atom stereocenters. The maximum Gasteiger partial charge on any atom is 0.233 e. The number of nitrogens with one attached hydrogen (secondary N) is 1. The van der Waals surface area contributed by atoms with Crippen molar-refractivity contribution < 1.29 is 4.79 Å². The summed E-state index contributed by atoms with van der Waals surface area (Å²) in [5.41, 5.74) is 0.125. The van der Waals surface area contributed by atoms with Gasteiger partial charge in [0.15, 0.2) is 0 Å². The molecule has 1 heterocycles. The molecule has 0 bridgehead atoms. The second-order valence-corrected chi connectivity index (χ2v) is 5.78. The highest BCUT2D eigenvalue weighted by molar-refractivity contribution is 9.09. The summed E-state index contributed by atoms with van der Waals surface area (Å²) >= 11 is 5.25. The van der Waals surface area contributed by atoms with Crippen LogP contribution in [0.3, 0.4) is 0 Å². The van der Waals surface area contributed by atoms with Gasteiger partial charge in [0.05, 0.1) is 5.25 Å². The molecule has 1 saturated heterocycles. The van der Waals surface area contributed by atoms with Gasteiger partial charge in [0, 0.05) is 10.9 Å². The number of hydrogen-bond donors (Lipinski definition) is 1. The number of alkyl halides is 1. The van der Waals surface area contributed by atoms with Gasteiger partial charge in [0.1, 0.15) is 0 Å². The van der Waals surface area contributed by atoms with E-state index in [4.69, 9.17) is 0 Å². The van der Waals surface area contributed by atoms with Crippen molar-refractivity contribution in [2.24, 2.45) is 0 Å². The second kappa shape index (κ2) is 3.81. The van der Waals surface area contributed by atoms with Crippen molar-refractivity contribution in [1.29, 1.82) is 0 Å². The van der Waals surface area contributed by atoms with Gasteiger partial charge in [-0.3, -0.25) is 4.79 Å². The Hall–Kier alpha value is 0.300. The van der Waals surface area contributed by atoms with Crippen LogP contribution in [0.4, 0.5) is 0 Å². The zero-order chi connectivity index (χ0) is 9.31. The van der Waals surface area contributed by atoms with Crippen molar-refractivity contribution in [3.63, 3.8) is 0 Å². The van der Waals surface area contributed by atoms with Gasteiger partial charge in [0.2, 0.25) is 5.91 Å². The third-order valence-corrected chi connectivity index (χ3v) is 5.17. The standard InChI is InChI=1S/C9H14BrNOS/c10-6-9(3-4-9)11-8(12)7-2-1-5-13-7/h7H,1-6H2,(H,11,12). The minimum absolute atomic E-state index is 0.125. The molecule has 1 saturated carbocycles. The van der Waals surface area contributed by atoms with Crippen LogP contribution in [0.2, 0.25) is 0 Å². The Morgan fingerprint density at radius 1 is 1.62 bits per heavy atom. The number of rotatable bonds is 3. The highest BCUT2D eigenvalue weighted by atomic mass is 79.9. The zero-order valence-electron chi connectivity index (χ0n) is 7.51. The molecule has 1 amide bonds. The van der Waals surface area contributed by atoms with Crippen LogP contribution in [0.25, 0.3) is 0 Å². The summed E-state index contributed by atoms with van der Waals surface area (Å²) < 4.78 is 0. The highest BCUT2D eigenvalue weighted by Crippen LogP contribution is 2.38. The molecule has 0 radical (unpaired) electrons. The first kappa shape index (κ1) is 9.84. The molecular formula is C9H14BrNOS. The Morgan fingerprint density at radius 3 is 2.85 bits per heavy atom. The van der Waals surface area contributed by atoms with E-state index in [0.29, 0.717) is 0 Å². The number of halogens is 1. The SMILES string of the molecule is O=C(NC1(CBr)CC1)C1CCCS1. The van der Waals surface area contributed by atoms with Crippen molar-refractivity contribution in [3.8, 4) is 0 Å². The van der Waals surface area contributed by atoms with Crippen molar-refractivity contribution in [1.82, 2.24) is 5.32 Å². The molecular weight excluding hydrogens is 250 g/mol. The van der Waals surface area contributed by atoms with Crippen LogP contribution in [0.5, 0.6) is 0 Å². The van der Waals surface area contributed by atoms with E-state index in [9.17, 15) is 4.79 Å². The van der Waals surface area contributed by atoms with Gasteiger partial charge in [-0.1, -0.05) is 15.9 Å². The molecule has 2 rings (SSSR count). The van der Waals surface area contributed by atoms with E-state index in [1.165, 1.54) is 6.42 Å². The van der Waals surface area contributed by atoms with Crippen molar-refractivity contribution >= 4 is 33.6 Å². The first-order valence-electron chi connectivity index (χ1n) is 4.75. The van der Waals surface area contributed by atoms with Crippen LogP contribution in [-0.2, 0) is 4.79 Å². The zero-order valence-corrected chi connectivity index (χ0v) is 9.92. The average molecular weight is 264 g/mol. The topological polar surface area (TPSA) is 29.1 Å². The summed E-state index contributed by atoms with van der Waals surface area (Å²) in [5, 5.41) is 4.29. The van der Waals surface area contributed by atoms with Crippen LogP contribution in [0.1, 0.15) is 25.7 Å². The summed E-state index contributed by atoms with van der Waals surface area (Å²) in [4.78, 5) is 11.7. The lowest BCUT2D eigenvalue weighted by Gasteiger charge is -2.16. The predicted octanol–water partition coefficient (Wildman–Crippen LogP) is 1.93. The molecule has 1 unspecified atom stereocenters. The van der Waals surface area contributed by atoms with Gasteiger partial charge in [-0.15, -0.1) is 11.8 Å². The van der Waals surface area contributed by atoms with Gasteiger partial charge < -0.3 is 5.32 Å². The molecule has 1 aliphatic carbocycles. The molecule has 2 nitrogen and oxygen atoms in total. The summed E-state index contributed by atoms with van der Waals surface area (Å²) in [6, 6.07) is 0. The van der Waals surface area contributed by atoms with E-state index in [1.54, 1.807) is 11.8 Å². The number of amides is 1. The molecule has 1 N–H and O–H groups in total. The number of thioether (sulfide) groups is 1. The minimum atomic E-state index is 0.125. The van der Waals surface area contributed by atoms with Crippen LogP contribution in [0.15, 0.2) is 0 Å². The molecule has 0 aromatic carbocycles.